The lowest BCUT2D eigenvalue weighted by Gasteiger charge is -2.26. The van der Waals surface area contributed by atoms with Crippen molar-refractivity contribution in [2.75, 3.05) is 6.61 Å². The van der Waals surface area contributed by atoms with Crippen LogP contribution in [0.15, 0.2) is 0 Å². The average molecular weight is 290 g/mol. The topological polar surface area (TPSA) is 108 Å². The summed E-state index contributed by atoms with van der Waals surface area (Å²) in [6.07, 6.45) is -3.71. The fraction of sp³-hybridized carbons (Fsp3) is 0.750. The Morgan fingerprint density at radius 2 is 1.85 bits per heavy atom. The van der Waals surface area contributed by atoms with Crippen molar-refractivity contribution >= 4 is 17.9 Å². The Bertz CT molecular complexity index is 380. The number of hydrogen-bond acceptors (Lipinski definition) is 8. The van der Waals surface area contributed by atoms with Crippen molar-refractivity contribution < 1.29 is 38.4 Å². The molecule has 20 heavy (non-hydrogen) atoms. The van der Waals surface area contributed by atoms with Gasteiger partial charge in [0.1, 0.15) is 18.8 Å². The van der Waals surface area contributed by atoms with Gasteiger partial charge in [-0.3, -0.25) is 14.4 Å². The van der Waals surface area contributed by atoms with E-state index in [0.29, 0.717) is 0 Å². The zero-order valence-corrected chi connectivity index (χ0v) is 11.5. The molecule has 1 aliphatic rings. The van der Waals surface area contributed by atoms with E-state index >= 15 is 0 Å². The molecule has 114 valence electrons. The molecule has 1 aliphatic heterocycles. The van der Waals surface area contributed by atoms with Crippen molar-refractivity contribution in [2.45, 2.75) is 51.8 Å². The monoisotopic (exact) mass is 290 g/mol. The summed E-state index contributed by atoms with van der Waals surface area (Å²) in [5.74, 6) is -1.70. The number of aliphatic hydroxyl groups excluding tert-OH is 1. The van der Waals surface area contributed by atoms with E-state index in [1.807, 2.05) is 0 Å². The van der Waals surface area contributed by atoms with Gasteiger partial charge < -0.3 is 24.1 Å². The SMILES string of the molecule is CC(=O)OC[C@@H](OC(C)=O)[C@H]1O[C@@H](O)C[C@H]1OC(C)=O. The van der Waals surface area contributed by atoms with Crippen LogP contribution in [-0.2, 0) is 33.3 Å². The Hall–Kier alpha value is -1.67. The lowest BCUT2D eigenvalue weighted by atomic mass is 10.1. The molecule has 1 saturated heterocycles. The third kappa shape index (κ3) is 5.14. The van der Waals surface area contributed by atoms with E-state index in [1.54, 1.807) is 0 Å². The molecule has 0 radical (unpaired) electrons. The summed E-state index contributed by atoms with van der Waals surface area (Å²) in [4.78, 5) is 32.9. The number of aliphatic hydroxyl groups is 1. The van der Waals surface area contributed by atoms with Gasteiger partial charge in [-0.05, 0) is 0 Å². The summed E-state index contributed by atoms with van der Waals surface area (Å²) < 4.78 is 20.0. The molecule has 8 heteroatoms. The Balaban J connectivity index is 2.76. The minimum atomic E-state index is -1.14. The Morgan fingerprint density at radius 1 is 1.20 bits per heavy atom. The van der Waals surface area contributed by atoms with Crippen LogP contribution >= 0.6 is 0 Å². The fourth-order valence-corrected chi connectivity index (χ4v) is 1.92. The predicted molar refractivity (Wildman–Crippen MR) is 63.2 cm³/mol. The van der Waals surface area contributed by atoms with Crippen LogP contribution in [0.4, 0.5) is 0 Å². The van der Waals surface area contributed by atoms with Crippen LogP contribution in [0.25, 0.3) is 0 Å². The summed E-state index contributed by atoms with van der Waals surface area (Å²) in [6, 6.07) is 0. The van der Waals surface area contributed by atoms with E-state index in [9.17, 15) is 19.5 Å². The molecule has 0 aromatic rings. The molecule has 0 spiro atoms. The van der Waals surface area contributed by atoms with E-state index < -0.39 is 42.5 Å². The molecule has 1 heterocycles. The van der Waals surface area contributed by atoms with Crippen LogP contribution in [-0.4, -0.2) is 54.2 Å². The Kier molecular flexibility index (Phi) is 5.90. The van der Waals surface area contributed by atoms with Crippen molar-refractivity contribution in [3.05, 3.63) is 0 Å². The molecule has 1 rings (SSSR count). The first-order valence-electron chi connectivity index (χ1n) is 6.11. The van der Waals surface area contributed by atoms with E-state index in [-0.39, 0.29) is 13.0 Å². The smallest absolute Gasteiger partial charge is 0.303 e. The highest BCUT2D eigenvalue weighted by Gasteiger charge is 2.43. The molecule has 0 aromatic heterocycles. The van der Waals surface area contributed by atoms with Crippen molar-refractivity contribution in [1.82, 2.24) is 0 Å². The Labute approximate surface area is 115 Å². The summed E-state index contributed by atoms with van der Waals surface area (Å²) in [6.45, 7) is 3.37. The highest BCUT2D eigenvalue weighted by atomic mass is 16.7. The van der Waals surface area contributed by atoms with Gasteiger partial charge >= 0.3 is 17.9 Å². The first kappa shape index (κ1) is 16.4. The zero-order chi connectivity index (χ0) is 15.3. The number of hydrogen-bond donors (Lipinski definition) is 1. The van der Waals surface area contributed by atoms with Gasteiger partial charge in [-0.15, -0.1) is 0 Å². The summed E-state index contributed by atoms with van der Waals surface area (Å²) in [5.41, 5.74) is 0. The molecule has 0 saturated carbocycles. The van der Waals surface area contributed by atoms with Gasteiger partial charge in [0.15, 0.2) is 12.4 Å². The van der Waals surface area contributed by atoms with Gasteiger partial charge in [-0.2, -0.15) is 0 Å². The number of carbonyl (C=O) groups is 3. The van der Waals surface area contributed by atoms with Gasteiger partial charge in [0.2, 0.25) is 0 Å². The third-order valence-electron chi connectivity index (χ3n) is 2.57. The van der Waals surface area contributed by atoms with Crippen LogP contribution in [0.3, 0.4) is 0 Å². The maximum absolute atomic E-state index is 11.1. The molecule has 1 fully saturated rings. The lowest BCUT2D eigenvalue weighted by Crippen LogP contribution is -2.42. The minimum Gasteiger partial charge on any atom is -0.462 e. The summed E-state index contributed by atoms with van der Waals surface area (Å²) >= 11 is 0. The van der Waals surface area contributed by atoms with Crippen molar-refractivity contribution in [3.63, 3.8) is 0 Å². The second-order valence-corrected chi connectivity index (χ2v) is 4.39. The van der Waals surface area contributed by atoms with E-state index in [4.69, 9.17) is 18.9 Å². The number of carbonyl (C=O) groups excluding carboxylic acids is 3. The van der Waals surface area contributed by atoms with Crippen LogP contribution < -0.4 is 0 Å². The third-order valence-corrected chi connectivity index (χ3v) is 2.57. The fourth-order valence-electron chi connectivity index (χ4n) is 1.92. The van der Waals surface area contributed by atoms with Gasteiger partial charge in [0, 0.05) is 27.2 Å². The number of rotatable bonds is 5. The highest BCUT2D eigenvalue weighted by molar-refractivity contribution is 5.67. The van der Waals surface area contributed by atoms with Gasteiger partial charge in [-0.1, -0.05) is 0 Å². The quantitative estimate of drug-likeness (QED) is 0.534. The maximum atomic E-state index is 11.1. The van der Waals surface area contributed by atoms with Crippen LogP contribution in [0.1, 0.15) is 27.2 Å². The van der Waals surface area contributed by atoms with Crippen molar-refractivity contribution in [2.24, 2.45) is 0 Å². The number of ether oxygens (including phenoxy) is 4. The minimum absolute atomic E-state index is 0.0576. The zero-order valence-electron chi connectivity index (χ0n) is 11.5. The summed E-state index contributed by atoms with van der Waals surface area (Å²) in [7, 11) is 0. The van der Waals surface area contributed by atoms with Crippen molar-refractivity contribution in [3.8, 4) is 0 Å². The van der Waals surface area contributed by atoms with Gasteiger partial charge in [0.05, 0.1) is 0 Å². The molecule has 0 amide bonds. The van der Waals surface area contributed by atoms with Gasteiger partial charge in [-0.25, -0.2) is 0 Å². The van der Waals surface area contributed by atoms with E-state index in [1.165, 1.54) is 20.8 Å². The second kappa shape index (κ2) is 7.20. The first-order chi connectivity index (χ1) is 9.29. The van der Waals surface area contributed by atoms with Crippen LogP contribution in [0, 0.1) is 0 Å². The van der Waals surface area contributed by atoms with E-state index in [2.05, 4.69) is 0 Å². The Morgan fingerprint density at radius 3 is 2.35 bits per heavy atom. The van der Waals surface area contributed by atoms with Crippen LogP contribution in [0.5, 0.6) is 0 Å². The molecule has 0 bridgehead atoms. The standard InChI is InChI=1S/C12H18O8/c1-6(13)17-5-10(19-8(3)15)12-9(18-7(2)14)4-11(16)20-12/h9-12,16H,4-5H2,1-3H3/t9-,10-,11-,12+/m1/s1. The molecule has 4 atom stereocenters. The molecule has 0 aromatic carbocycles. The molecule has 8 nitrogen and oxygen atoms in total. The van der Waals surface area contributed by atoms with E-state index in [0.717, 1.165) is 0 Å². The van der Waals surface area contributed by atoms with Crippen LogP contribution in [0.2, 0.25) is 0 Å². The maximum Gasteiger partial charge on any atom is 0.303 e. The molecular formula is C12H18O8. The highest BCUT2D eigenvalue weighted by Crippen LogP contribution is 2.26. The van der Waals surface area contributed by atoms with Crippen molar-refractivity contribution in [1.29, 1.82) is 0 Å². The first-order valence-corrected chi connectivity index (χ1v) is 6.11. The average Bonchev–Trinajstić information content (AvgIpc) is 2.63. The lowest BCUT2D eigenvalue weighted by molar-refractivity contribution is -0.182. The summed E-state index contributed by atoms with van der Waals surface area (Å²) in [5, 5.41) is 9.48. The molecule has 0 unspecified atom stereocenters. The normalized spacial score (nSPS) is 26.7. The number of esters is 3. The molecule has 0 aliphatic carbocycles. The molecular weight excluding hydrogens is 272 g/mol. The molecule has 1 N–H and O–H groups in total. The second-order valence-electron chi connectivity index (χ2n) is 4.39. The largest absolute Gasteiger partial charge is 0.462 e. The predicted octanol–water partition coefficient (Wildman–Crippen LogP) is -0.480. The van der Waals surface area contributed by atoms with Gasteiger partial charge in [0.25, 0.3) is 0 Å².